The van der Waals surface area contributed by atoms with Crippen LogP contribution in [0.4, 0.5) is 17.1 Å². The van der Waals surface area contributed by atoms with Crippen LogP contribution in [0.3, 0.4) is 0 Å². The minimum atomic E-state index is -0.557. The lowest BCUT2D eigenvalue weighted by Gasteiger charge is -2.15. The number of H-pyrrole nitrogens is 2. The van der Waals surface area contributed by atoms with E-state index in [9.17, 15) is 19.7 Å². The van der Waals surface area contributed by atoms with Crippen LogP contribution in [0.2, 0.25) is 0 Å². The third-order valence-electron chi connectivity index (χ3n) is 3.64. The first-order valence-corrected chi connectivity index (χ1v) is 7.46. The zero-order valence-electron chi connectivity index (χ0n) is 13.2. The van der Waals surface area contributed by atoms with Crippen molar-refractivity contribution >= 4 is 34.0 Å². The van der Waals surface area contributed by atoms with Gasteiger partial charge in [-0.2, -0.15) is 0 Å². The summed E-state index contributed by atoms with van der Waals surface area (Å²) in [6.45, 7) is 1.69. The van der Waals surface area contributed by atoms with Gasteiger partial charge in [0.25, 0.3) is 5.69 Å². The Morgan fingerprint density at radius 3 is 2.40 bits per heavy atom. The van der Waals surface area contributed by atoms with E-state index in [1.165, 1.54) is 24.3 Å². The number of nitro benzene ring substituents is 1. The van der Waals surface area contributed by atoms with Crippen LogP contribution in [0.1, 0.15) is 6.92 Å². The number of anilines is 2. The molecule has 0 radical (unpaired) electrons. The van der Waals surface area contributed by atoms with Gasteiger partial charge in [0.1, 0.15) is 6.04 Å². The van der Waals surface area contributed by atoms with Crippen LogP contribution in [0.25, 0.3) is 11.0 Å². The van der Waals surface area contributed by atoms with Crippen LogP contribution in [0, 0.1) is 10.1 Å². The van der Waals surface area contributed by atoms with Crippen molar-refractivity contribution < 1.29 is 9.72 Å². The fraction of sp³-hybridized carbons (Fsp3) is 0.125. The molecule has 0 saturated heterocycles. The van der Waals surface area contributed by atoms with Crippen molar-refractivity contribution in [3.63, 3.8) is 0 Å². The number of rotatable bonds is 5. The van der Waals surface area contributed by atoms with Gasteiger partial charge < -0.3 is 20.6 Å². The Bertz CT molecular complexity index is 990. The molecule has 1 amide bonds. The van der Waals surface area contributed by atoms with E-state index in [4.69, 9.17) is 0 Å². The normalized spacial score (nSPS) is 11.9. The number of carbonyl (C=O) groups is 1. The highest BCUT2D eigenvalue weighted by Gasteiger charge is 2.14. The molecule has 0 spiro atoms. The summed E-state index contributed by atoms with van der Waals surface area (Å²) in [6, 6.07) is 10.2. The third-order valence-corrected chi connectivity index (χ3v) is 3.64. The van der Waals surface area contributed by atoms with Crippen LogP contribution in [-0.2, 0) is 4.79 Å². The van der Waals surface area contributed by atoms with Crippen LogP contribution in [-0.4, -0.2) is 26.8 Å². The number of amides is 1. The number of aromatic amines is 2. The molecule has 1 heterocycles. The average Bonchev–Trinajstić information content (AvgIpc) is 2.94. The molecule has 0 aliphatic heterocycles. The molecule has 0 aliphatic carbocycles. The zero-order chi connectivity index (χ0) is 18.0. The van der Waals surface area contributed by atoms with Gasteiger partial charge in [-0.1, -0.05) is 0 Å². The van der Waals surface area contributed by atoms with Gasteiger partial charge in [0.2, 0.25) is 5.91 Å². The van der Waals surface area contributed by atoms with Gasteiger partial charge in [0, 0.05) is 23.5 Å². The van der Waals surface area contributed by atoms with Gasteiger partial charge in [-0.15, -0.1) is 0 Å². The fourth-order valence-corrected chi connectivity index (χ4v) is 2.35. The van der Waals surface area contributed by atoms with Gasteiger partial charge in [-0.25, -0.2) is 4.79 Å². The molecule has 4 N–H and O–H groups in total. The predicted octanol–water partition coefficient (Wildman–Crippen LogP) is 2.20. The van der Waals surface area contributed by atoms with E-state index in [0.29, 0.717) is 22.4 Å². The first-order valence-electron chi connectivity index (χ1n) is 7.46. The van der Waals surface area contributed by atoms with E-state index in [0.717, 1.165) is 0 Å². The summed E-state index contributed by atoms with van der Waals surface area (Å²) in [5, 5.41) is 16.3. The maximum absolute atomic E-state index is 12.2. The van der Waals surface area contributed by atoms with E-state index < -0.39 is 11.0 Å². The number of benzene rings is 2. The van der Waals surface area contributed by atoms with Crippen molar-refractivity contribution in [2.75, 3.05) is 10.6 Å². The van der Waals surface area contributed by atoms with Gasteiger partial charge >= 0.3 is 5.69 Å². The highest BCUT2D eigenvalue weighted by Crippen LogP contribution is 2.17. The highest BCUT2D eigenvalue weighted by atomic mass is 16.6. The van der Waals surface area contributed by atoms with E-state index in [2.05, 4.69) is 20.6 Å². The maximum atomic E-state index is 12.2. The fourth-order valence-electron chi connectivity index (χ4n) is 2.35. The van der Waals surface area contributed by atoms with Gasteiger partial charge in [-0.05, 0) is 37.3 Å². The standard InChI is InChI=1S/C16H15N5O4/c1-9(15(22)18-10-2-5-12(6-3-10)21(24)25)17-11-4-7-13-14(8-11)20-16(23)19-13/h2-9,17H,1H3,(H,18,22)(H2,19,20,23). The number of hydrogen-bond donors (Lipinski definition) is 4. The lowest BCUT2D eigenvalue weighted by molar-refractivity contribution is -0.384. The smallest absolute Gasteiger partial charge is 0.323 e. The van der Waals surface area contributed by atoms with Crippen LogP contribution >= 0.6 is 0 Å². The average molecular weight is 341 g/mol. The van der Waals surface area contributed by atoms with Crippen LogP contribution < -0.4 is 16.3 Å². The summed E-state index contributed by atoms with van der Waals surface area (Å²) in [5.74, 6) is -0.295. The SMILES string of the molecule is CC(Nc1ccc2[nH]c(=O)[nH]c2c1)C(=O)Nc1ccc([N+](=O)[O-])cc1. The van der Waals surface area contributed by atoms with Crippen molar-refractivity contribution in [1.82, 2.24) is 9.97 Å². The molecule has 3 aromatic rings. The number of non-ortho nitro benzene ring substituents is 1. The molecular weight excluding hydrogens is 326 g/mol. The summed E-state index contributed by atoms with van der Waals surface area (Å²) in [6.07, 6.45) is 0. The number of imidazole rings is 1. The summed E-state index contributed by atoms with van der Waals surface area (Å²) in [4.78, 5) is 38.9. The molecule has 9 heteroatoms. The van der Waals surface area contributed by atoms with E-state index in [1.807, 2.05) is 0 Å². The Kier molecular flexibility index (Phi) is 4.21. The molecule has 1 atom stereocenters. The monoisotopic (exact) mass is 341 g/mol. The number of carbonyl (C=O) groups excluding carboxylic acids is 1. The molecule has 0 fully saturated rings. The molecule has 25 heavy (non-hydrogen) atoms. The topological polar surface area (TPSA) is 133 Å². The Balaban J connectivity index is 1.66. The number of fused-ring (bicyclic) bond motifs is 1. The van der Waals surface area contributed by atoms with E-state index in [1.54, 1.807) is 25.1 Å². The predicted molar refractivity (Wildman–Crippen MR) is 93.7 cm³/mol. The maximum Gasteiger partial charge on any atom is 0.323 e. The van der Waals surface area contributed by atoms with Crippen molar-refractivity contribution in [3.05, 3.63) is 63.1 Å². The van der Waals surface area contributed by atoms with Crippen molar-refractivity contribution in [2.45, 2.75) is 13.0 Å². The molecule has 0 aliphatic rings. The Labute approximate surface area is 141 Å². The summed E-state index contributed by atoms with van der Waals surface area (Å²) < 4.78 is 0. The van der Waals surface area contributed by atoms with Crippen molar-refractivity contribution in [1.29, 1.82) is 0 Å². The lowest BCUT2D eigenvalue weighted by Crippen LogP contribution is -2.31. The highest BCUT2D eigenvalue weighted by molar-refractivity contribution is 5.96. The molecule has 1 unspecified atom stereocenters. The molecule has 0 saturated carbocycles. The zero-order valence-corrected chi connectivity index (χ0v) is 13.2. The molecule has 1 aromatic heterocycles. The molecular formula is C16H15N5O4. The molecule has 2 aromatic carbocycles. The lowest BCUT2D eigenvalue weighted by atomic mass is 10.2. The van der Waals surface area contributed by atoms with Crippen molar-refractivity contribution in [3.8, 4) is 0 Å². The molecule has 0 bridgehead atoms. The van der Waals surface area contributed by atoms with Crippen molar-refractivity contribution in [2.24, 2.45) is 0 Å². The second-order valence-corrected chi connectivity index (χ2v) is 5.50. The van der Waals surface area contributed by atoms with Gasteiger partial charge in [0.05, 0.1) is 16.0 Å². The molecule has 9 nitrogen and oxygen atoms in total. The number of nitro groups is 1. The van der Waals surface area contributed by atoms with E-state index >= 15 is 0 Å². The Morgan fingerprint density at radius 1 is 1.08 bits per heavy atom. The number of hydrogen-bond acceptors (Lipinski definition) is 5. The van der Waals surface area contributed by atoms with Crippen LogP contribution in [0.15, 0.2) is 47.3 Å². The number of aromatic nitrogens is 2. The largest absolute Gasteiger partial charge is 0.374 e. The first-order chi connectivity index (χ1) is 11.9. The van der Waals surface area contributed by atoms with Gasteiger partial charge in [-0.3, -0.25) is 14.9 Å². The number of nitrogens with zero attached hydrogens (tertiary/aromatic N) is 1. The Hall–Kier alpha value is -3.62. The minimum absolute atomic E-state index is 0.0435. The van der Waals surface area contributed by atoms with E-state index in [-0.39, 0.29) is 17.3 Å². The van der Waals surface area contributed by atoms with Crippen LogP contribution in [0.5, 0.6) is 0 Å². The summed E-state index contributed by atoms with van der Waals surface area (Å²) in [5.41, 5.74) is 2.12. The number of nitrogens with one attached hydrogen (secondary N) is 4. The minimum Gasteiger partial charge on any atom is -0.374 e. The summed E-state index contributed by atoms with van der Waals surface area (Å²) in [7, 11) is 0. The summed E-state index contributed by atoms with van der Waals surface area (Å²) >= 11 is 0. The third kappa shape index (κ3) is 3.66. The molecule has 128 valence electrons. The molecule has 3 rings (SSSR count). The quantitative estimate of drug-likeness (QED) is 0.417. The second kappa shape index (κ2) is 6.48. The second-order valence-electron chi connectivity index (χ2n) is 5.50. The first kappa shape index (κ1) is 16.2. The Morgan fingerprint density at radius 2 is 1.72 bits per heavy atom. The van der Waals surface area contributed by atoms with Gasteiger partial charge in [0.15, 0.2) is 0 Å².